The van der Waals surface area contributed by atoms with Crippen LogP contribution in [0.5, 0.6) is 5.75 Å². The van der Waals surface area contributed by atoms with Gasteiger partial charge in [-0.15, -0.1) is 0 Å². The van der Waals surface area contributed by atoms with Crippen LogP contribution in [0.25, 0.3) is 11.0 Å². The molecule has 0 spiro atoms. The van der Waals surface area contributed by atoms with Gasteiger partial charge in [0.25, 0.3) is 0 Å². The summed E-state index contributed by atoms with van der Waals surface area (Å²) in [6.45, 7) is 0. The van der Waals surface area contributed by atoms with Gasteiger partial charge in [0.1, 0.15) is 5.75 Å². The highest BCUT2D eigenvalue weighted by Gasteiger charge is 2.23. The molecule has 0 unspecified atom stereocenters. The van der Waals surface area contributed by atoms with Crippen LogP contribution in [0.2, 0.25) is 0 Å². The lowest BCUT2D eigenvalue weighted by Gasteiger charge is -2.13. The third-order valence-corrected chi connectivity index (χ3v) is 4.08. The number of aromatic nitrogens is 2. The molecule has 0 saturated carbocycles. The van der Waals surface area contributed by atoms with Gasteiger partial charge < -0.3 is 10.8 Å². The monoisotopic (exact) mass is 256 g/mol. The fraction of sp³-hybridized carbons (Fsp3) is 0.222. The molecular formula is C9H12N4O3S. The minimum Gasteiger partial charge on any atom is -0.508 e. The van der Waals surface area contributed by atoms with Crippen molar-refractivity contribution in [2.45, 2.75) is 0 Å². The Morgan fingerprint density at radius 3 is 2.65 bits per heavy atom. The predicted molar refractivity (Wildman–Crippen MR) is 63.8 cm³/mol. The van der Waals surface area contributed by atoms with Gasteiger partial charge in [-0.25, -0.2) is 4.98 Å². The maximum atomic E-state index is 12.0. The van der Waals surface area contributed by atoms with Gasteiger partial charge in [0, 0.05) is 20.2 Å². The van der Waals surface area contributed by atoms with Crippen LogP contribution in [0.4, 0.5) is 5.95 Å². The number of benzene rings is 1. The molecule has 8 heteroatoms. The number of nitrogen functional groups attached to an aromatic ring is 1. The maximum absolute atomic E-state index is 12.0. The summed E-state index contributed by atoms with van der Waals surface area (Å²) < 4.78 is 26.0. The van der Waals surface area contributed by atoms with Crippen molar-refractivity contribution in [3.63, 3.8) is 0 Å². The average Bonchev–Trinajstić information content (AvgIpc) is 2.53. The van der Waals surface area contributed by atoms with E-state index >= 15 is 0 Å². The fourth-order valence-electron chi connectivity index (χ4n) is 1.47. The highest BCUT2D eigenvalue weighted by Crippen LogP contribution is 2.24. The number of nitrogens with two attached hydrogens (primary N) is 1. The zero-order chi connectivity index (χ0) is 12.8. The van der Waals surface area contributed by atoms with Crippen molar-refractivity contribution in [2.75, 3.05) is 19.8 Å². The number of imidazole rings is 1. The van der Waals surface area contributed by atoms with Gasteiger partial charge in [0.15, 0.2) is 0 Å². The first-order chi connectivity index (χ1) is 7.84. The van der Waals surface area contributed by atoms with Crippen LogP contribution in [0, 0.1) is 0 Å². The van der Waals surface area contributed by atoms with E-state index < -0.39 is 10.2 Å². The summed E-state index contributed by atoms with van der Waals surface area (Å²) in [5, 5.41) is 9.38. The van der Waals surface area contributed by atoms with Crippen LogP contribution < -0.4 is 5.73 Å². The Bertz CT molecular complexity index is 675. The highest BCUT2D eigenvalue weighted by molar-refractivity contribution is 7.87. The first kappa shape index (κ1) is 11.7. The molecule has 3 N–H and O–H groups in total. The lowest BCUT2D eigenvalue weighted by atomic mass is 10.3. The van der Waals surface area contributed by atoms with E-state index in [1.807, 2.05) is 0 Å². The van der Waals surface area contributed by atoms with Crippen LogP contribution in [0.15, 0.2) is 18.2 Å². The topological polar surface area (TPSA) is 101 Å². The van der Waals surface area contributed by atoms with E-state index in [1.54, 1.807) is 0 Å². The van der Waals surface area contributed by atoms with Gasteiger partial charge >= 0.3 is 10.2 Å². The second-order valence-electron chi connectivity index (χ2n) is 3.70. The number of anilines is 1. The SMILES string of the molecule is CN(C)S(=O)(=O)n1c(N)nc2ccc(O)cc21. The van der Waals surface area contributed by atoms with Crippen molar-refractivity contribution >= 4 is 27.2 Å². The zero-order valence-corrected chi connectivity index (χ0v) is 10.1. The lowest BCUT2D eigenvalue weighted by molar-refractivity contribution is 0.476. The van der Waals surface area contributed by atoms with E-state index in [2.05, 4.69) is 4.98 Å². The van der Waals surface area contributed by atoms with Crippen LogP contribution in [0.1, 0.15) is 0 Å². The van der Waals surface area contributed by atoms with Crippen molar-refractivity contribution in [3.8, 4) is 5.75 Å². The molecule has 0 aliphatic rings. The van der Waals surface area contributed by atoms with Crippen LogP contribution in [-0.2, 0) is 10.2 Å². The first-order valence-electron chi connectivity index (χ1n) is 4.74. The van der Waals surface area contributed by atoms with Crippen molar-refractivity contribution in [1.82, 2.24) is 13.3 Å². The van der Waals surface area contributed by atoms with Gasteiger partial charge in [0.2, 0.25) is 5.95 Å². The molecule has 0 fully saturated rings. The van der Waals surface area contributed by atoms with E-state index in [9.17, 15) is 13.5 Å². The Kier molecular flexibility index (Phi) is 2.48. The van der Waals surface area contributed by atoms with Crippen LogP contribution in [-0.4, -0.2) is 40.9 Å². The normalized spacial score (nSPS) is 12.4. The standard InChI is InChI=1S/C9H12N4O3S/c1-12(2)17(15,16)13-8-5-6(14)3-4-7(8)11-9(13)10/h3-5,14H,1-2H3,(H2,10,11). The molecule has 0 radical (unpaired) electrons. The molecule has 92 valence electrons. The maximum Gasteiger partial charge on any atom is 0.310 e. The molecule has 0 aliphatic carbocycles. The Balaban J connectivity index is 2.86. The molecule has 0 bridgehead atoms. The quantitative estimate of drug-likeness (QED) is 0.786. The number of phenolic OH excluding ortho intramolecular Hbond substituents is 1. The third-order valence-electron chi connectivity index (χ3n) is 2.31. The van der Waals surface area contributed by atoms with Gasteiger partial charge in [-0.05, 0) is 12.1 Å². The van der Waals surface area contributed by atoms with Crippen molar-refractivity contribution in [2.24, 2.45) is 0 Å². The number of hydrogen-bond acceptors (Lipinski definition) is 5. The number of fused-ring (bicyclic) bond motifs is 1. The molecule has 1 aromatic heterocycles. The number of rotatable bonds is 2. The van der Waals surface area contributed by atoms with Gasteiger partial charge in [-0.2, -0.15) is 16.7 Å². The number of aromatic hydroxyl groups is 1. The first-order valence-corrected chi connectivity index (χ1v) is 6.13. The molecule has 0 amide bonds. The third kappa shape index (κ3) is 1.71. The molecule has 2 aromatic rings. The zero-order valence-electron chi connectivity index (χ0n) is 9.32. The van der Waals surface area contributed by atoms with E-state index in [4.69, 9.17) is 5.73 Å². The van der Waals surface area contributed by atoms with Gasteiger partial charge in [-0.1, -0.05) is 0 Å². The Morgan fingerprint density at radius 2 is 2.06 bits per heavy atom. The Hall–Kier alpha value is -1.80. The summed E-state index contributed by atoms with van der Waals surface area (Å²) in [5.74, 6) is -0.188. The lowest BCUT2D eigenvalue weighted by Crippen LogP contribution is -2.29. The van der Waals surface area contributed by atoms with Crippen molar-refractivity contribution in [1.29, 1.82) is 0 Å². The van der Waals surface area contributed by atoms with Crippen molar-refractivity contribution in [3.05, 3.63) is 18.2 Å². The second kappa shape index (κ2) is 3.60. The minimum atomic E-state index is -3.76. The summed E-state index contributed by atoms with van der Waals surface area (Å²) in [7, 11) is -0.972. The molecule has 0 atom stereocenters. The minimum absolute atomic E-state index is 0.0485. The second-order valence-corrected chi connectivity index (χ2v) is 5.69. The van der Waals surface area contributed by atoms with Crippen LogP contribution >= 0.6 is 0 Å². The van der Waals surface area contributed by atoms with E-state index in [1.165, 1.54) is 32.3 Å². The van der Waals surface area contributed by atoms with Gasteiger partial charge in [-0.3, -0.25) is 0 Å². The molecule has 17 heavy (non-hydrogen) atoms. The Labute approximate surface area is 98.3 Å². The molecular weight excluding hydrogens is 244 g/mol. The van der Waals surface area contributed by atoms with E-state index in [0.29, 0.717) is 5.52 Å². The van der Waals surface area contributed by atoms with Gasteiger partial charge in [0.05, 0.1) is 11.0 Å². The molecule has 2 rings (SSSR count). The number of phenols is 1. The predicted octanol–water partition coefficient (Wildman–Crippen LogP) is -0.0214. The Morgan fingerprint density at radius 1 is 1.41 bits per heavy atom. The van der Waals surface area contributed by atoms with Crippen LogP contribution in [0.3, 0.4) is 0 Å². The summed E-state index contributed by atoms with van der Waals surface area (Å²) in [5.41, 5.74) is 6.25. The number of hydrogen-bond donors (Lipinski definition) is 2. The van der Waals surface area contributed by atoms with Crippen molar-refractivity contribution < 1.29 is 13.5 Å². The van der Waals surface area contributed by atoms with E-state index in [0.717, 1.165) is 8.28 Å². The average molecular weight is 256 g/mol. The number of nitrogens with zero attached hydrogens (tertiary/aromatic N) is 3. The van der Waals surface area contributed by atoms with E-state index in [-0.39, 0.29) is 17.2 Å². The molecule has 0 saturated heterocycles. The highest BCUT2D eigenvalue weighted by atomic mass is 32.2. The molecule has 7 nitrogen and oxygen atoms in total. The molecule has 1 heterocycles. The molecule has 1 aromatic carbocycles. The summed E-state index contributed by atoms with van der Waals surface area (Å²) in [4.78, 5) is 3.93. The molecule has 0 aliphatic heterocycles. The summed E-state index contributed by atoms with van der Waals surface area (Å²) in [6, 6.07) is 4.23. The fourth-order valence-corrected chi connectivity index (χ4v) is 2.47. The summed E-state index contributed by atoms with van der Waals surface area (Å²) >= 11 is 0. The summed E-state index contributed by atoms with van der Waals surface area (Å²) in [6.07, 6.45) is 0. The largest absolute Gasteiger partial charge is 0.508 e. The smallest absolute Gasteiger partial charge is 0.310 e.